The summed E-state index contributed by atoms with van der Waals surface area (Å²) in [6.45, 7) is 1.78. The molecule has 0 radical (unpaired) electrons. The van der Waals surface area contributed by atoms with E-state index in [9.17, 15) is 9.90 Å². The molecule has 0 spiro atoms. The topological polar surface area (TPSA) is 85.0 Å². The van der Waals surface area contributed by atoms with Crippen LogP contribution in [0.4, 0.5) is 0 Å². The number of nitrogens with one attached hydrogen (secondary N) is 1. The van der Waals surface area contributed by atoms with Crippen molar-refractivity contribution in [3.05, 3.63) is 29.8 Å². The van der Waals surface area contributed by atoms with Crippen molar-refractivity contribution >= 4 is 5.91 Å². The van der Waals surface area contributed by atoms with Crippen LogP contribution in [-0.2, 0) is 25.3 Å². The predicted molar refractivity (Wildman–Crippen MR) is 68.3 cm³/mol. The van der Waals surface area contributed by atoms with E-state index in [-0.39, 0.29) is 24.1 Å². The fraction of sp³-hybridized carbons (Fsp3) is 0.417. The molecule has 2 aromatic rings. The minimum atomic E-state index is -0.350. The summed E-state index contributed by atoms with van der Waals surface area (Å²) in [6.07, 6.45) is 3.49. The molecular formula is C12H17N5O2. The Morgan fingerprint density at radius 1 is 1.42 bits per heavy atom. The molecule has 0 aromatic carbocycles. The zero-order chi connectivity index (χ0) is 14.0. The second kappa shape index (κ2) is 5.13. The molecule has 7 nitrogen and oxygen atoms in total. The molecule has 1 atom stereocenters. The number of rotatable bonds is 4. The summed E-state index contributed by atoms with van der Waals surface area (Å²) in [4.78, 5) is 11.8. The van der Waals surface area contributed by atoms with Gasteiger partial charge in [0.2, 0.25) is 5.91 Å². The third-order valence-corrected chi connectivity index (χ3v) is 2.74. The molecule has 19 heavy (non-hydrogen) atoms. The minimum absolute atomic E-state index is 0.0770. The maximum Gasteiger partial charge on any atom is 0.226 e. The lowest BCUT2D eigenvalue weighted by Crippen LogP contribution is -2.28. The molecule has 0 saturated heterocycles. The van der Waals surface area contributed by atoms with Crippen LogP contribution in [0.5, 0.6) is 5.75 Å². The lowest BCUT2D eigenvalue weighted by atomic mass is 10.2. The predicted octanol–water partition coefficient (Wildman–Crippen LogP) is 0.279. The van der Waals surface area contributed by atoms with E-state index in [2.05, 4.69) is 15.5 Å². The van der Waals surface area contributed by atoms with Crippen molar-refractivity contribution in [1.29, 1.82) is 0 Å². The first kappa shape index (κ1) is 13.1. The van der Waals surface area contributed by atoms with Gasteiger partial charge in [0, 0.05) is 20.3 Å². The Morgan fingerprint density at radius 3 is 2.68 bits per heavy atom. The summed E-state index contributed by atoms with van der Waals surface area (Å²) in [5, 5.41) is 20.7. The number of nitrogens with zero attached hydrogens (tertiary/aromatic N) is 4. The molecule has 2 rings (SSSR count). The van der Waals surface area contributed by atoms with Crippen molar-refractivity contribution in [3.63, 3.8) is 0 Å². The van der Waals surface area contributed by atoms with Crippen molar-refractivity contribution in [2.24, 2.45) is 14.1 Å². The molecule has 0 fully saturated rings. The fourth-order valence-corrected chi connectivity index (χ4v) is 1.88. The molecule has 0 aliphatic carbocycles. The van der Waals surface area contributed by atoms with Crippen LogP contribution in [0.25, 0.3) is 0 Å². The summed E-state index contributed by atoms with van der Waals surface area (Å²) >= 11 is 0. The van der Waals surface area contributed by atoms with E-state index in [4.69, 9.17) is 0 Å². The Kier molecular flexibility index (Phi) is 3.55. The molecule has 1 unspecified atom stereocenters. The SMILES string of the molecule is CC(NC(=O)Cc1ccn(C)n1)c1nn(C)cc1O. The molecule has 2 N–H and O–H groups in total. The average molecular weight is 263 g/mol. The van der Waals surface area contributed by atoms with Crippen LogP contribution in [0.15, 0.2) is 18.5 Å². The molecule has 0 aliphatic rings. The van der Waals surface area contributed by atoms with E-state index in [1.165, 1.54) is 10.9 Å². The number of carbonyl (C=O) groups excluding carboxylic acids is 1. The smallest absolute Gasteiger partial charge is 0.226 e. The Hall–Kier alpha value is -2.31. The highest BCUT2D eigenvalue weighted by Gasteiger charge is 2.17. The molecule has 102 valence electrons. The molecular weight excluding hydrogens is 246 g/mol. The fourth-order valence-electron chi connectivity index (χ4n) is 1.88. The quantitative estimate of drug-likeness (QED) is 0.829. The maximum absolute atomic E-state index is 11.8. The highest BCUT2D eigenvalue weighted by molar-refractivity contribution is 5.78. The zero-order valence-corrected chi connectivity index (χ0v) is 11.2. The van der Waals surface area contributed by atoms with E-state index in [0.29, 0.717) is 11.4 Å². The van der Waals surface area contributed by atoms with Gasteiger partial charge in [-0.05, 0) is 13.0 Å². The van der Waals surface area contributed by atoms with Crippen molar-refractivity contribution in [1.82, 2.24) is 24.9 Å². The Morgan fingerprint density at radius 2 is 2.16 bits per heavy atom. The molecule has 1 amide bonds. The highest BCUT2D eigenvalue weighted by atomic mass is 16.3. The van der Waals surface area contributed by atoms with E-state index in [1.54, 1.807) is 38.0 Å². The van der Waals surface area contributed by atoms with Gasteiger partial charge in [0.15, 0.2) is 5.75 Å². The number of hydrogen-bond donors (Lipinski definition) is 2. The van der Waals surface area contributed by atoms with E-state index >= 15 is 0 Å². The standard InChI is InChI=1S/C12H17N5O2/c1-8(12-10(18)7-17(3)15-12)13-11(19)6-9-4-5-16(2)14-9/h4-5,7-8,18H,6H2,1-3H3,(H,13,19). The molecule has 2 heterocycles. The van der Waals surface area contributed by atoms with Gasteiger partial charge in [-0.25, -0.2) is 0 Å². The van der Waals surface area contributed by atoms with Crippen LogP contribution < -0.4 is 5.32 Å². The summed E-state index contributed by atoms with van der Waals surface area (Å²) in [7, 11) is 3.52. The average Bonchev–Trinajstić information content (AvgIpc) is 2.84. The lowest BCUT2D eigenvalue weighted by molar-refractivity contribution is -0.121. The van der Waals surface area contributed by atoms with E-state index in [1.807, 2.05) is 0 Å². The summed E-state index contributed by atoms with van der Waals surface area (Å²) in [5.41, 5.74) is 1.16. The number of aromatic hydroxyl groups is 1. The van der Waals surface area contributed by atoms with Gasteiger partial charge >= 0.3 is 0 Å². The maximum atomic E-state index is 11.8. The number of aryl methyl sites for hydroxylation is 2. The normalized spacial score (nSPS) is 12.4. The molecule has 0 aliphatic heterocycles. The highest BCUT2D eigenvalue weighted by Crippen LogP contribution is 2.21. The van der Waals surface area contributed by atoms with E-state index < -0.39 is 0 Å². The van der Waals surface area contributed by atoms with Gasteiger partial charge in [-0.2, -0.15) is 10.2 Å². The number of aromatic nitrogens is 4. The molecule has 2 aromatic heterocycles. The van der Waals surface area contributed by atoms with Gasteiger partial charge < -0.3 is 10.4 Å². The van der Waals surface area contributed by atoms with Crippen molar-refractivity contribution in [3.8, 4) is 5.75 Å². The van der Waals surface area contributed by atoms with Gasteiger partial charge in [0.25, 0.3) is 0 Å². The van der Waals surface area contributed by atoms with Crippen LogP contribution >= 0.6 is 0 Å². The largest absolute Gasteiger partial charge is 0.504 e. The van der Waals surface area contributed by atoms with Crippen molar-refractivity contribution in [2.45, 2.75) is 19.4 Å². The summed E-state index contributed by atoms with van der Waals surface area (Å²) < 4.78 is 3.16. The van der Waals surface area contributed by atoms with Gasteiger partial charge in [-0.1, -0.05) is 0 Å². The van der Waals surface area contributed by atoms with Gasteiger partial charge in [0.1, 0.15) is 5.69 Å². The lowest BCUT2D eigenvalue weighted by Gasteiger charge is -2.11. The number of carbonyl (C=O) groups is 1. The van der Waals surface area contributed by atoms with Crippen LogP contribution in [0.1, 0.15) is 24.4 Å². The van der Waals surface area contributed by atoms with Crippen LogP contribution in [-0.4, -0.2) is 30.6 Å². The first-order chi connectivity index (χ1) is 8.95. The number of amides is 1. The third-order valence-electron chi connectivity index (χ3n) is 2.74. The monoisotopic (exact) mass is 263 g/mol. The number of hydrogen-bond acceptors (Lipinski definition) is 4. The van der Waals surface area contributed by atoms with E-state index in [0.717, 1.165) is 0 Å². The van der Waals surface area contributed by atoms with Gasteiger partial charge in [0.05, 0.1) is 24.4 Å². The zero-order valence-electron chi connectivity index (χ0n) is 11.2. The first-order valence-corrected chi connectivity index (χ1v) is 5.96. The van der Waals surface area contributed by atoms with Gasteiger partial charge in [-0.15, -0.1) is 0 Å². The minimum Gasteiger partial charge on any atom is -0.504 e. The summed E-state index contributed by atoms with van der Waals surface area (Å²) in [5.74, 6) is -0.0793. The van der Waals surface area contributed by atoms with Crippen LogP contribution in [0.3, 0.4) is 0 Å². The van der Waals surface area contributed by atoms with Crippen LogP contribution in [0, 0.1) is 0 Å². The van der Waals surface area contributed by atoms with Crippen LogP contribution in [0.2, 0.25) is 0 Å². The summed E-state index contributed by atoms with van der Waals surface area (Å²) in [6, 6.07) is 1.44. The van der Waals surface area contributed by atoms with Crippen molar-refractivity contribution in [2.75, 3.05) is 0 Å². The Bertz CT molecular complexity index is 587. The molecule has 7 heteroatoms. The second-order valence-electron chi connectivity index (χ2n) is 4.52. The third kappa shape index (κ3) is 3.12. The Balaban J connectivity index is 1.97. The Labute approximate surface area is 110 Å². The molecule has 0 bridgehead atoms. The molecule has 0 saturated carbocycles. The first-order valence-electron chi connectivity index (χ1n) is 5.96. The second-order valence-corrected chi connectivity index (χ2v) is 4.52. The van der Waals surface area contributed by atoms with Crippen molar-refractivity contribution < 1.29 is 9.90 Å². The van der Waals surface area contributed by atoms with Gasteiger partial charge in [-0.3, -0.25) is 14.2 Å².